The van der Waals surface area contributed by atoms with Crippen molar-refractivity contribution in [2.24, 2.45) is 5.92 Å². The Morgan fingerprint density at radius 3 is 2.65 bits per heavy atom. The fraction of sp³-hybridized carbons (Fsp3) is 0.464. The first-order chi connectivity index (χ1) is 20.5. The van der Waals surface area contributed by atoms with Crippen molar-refractivity contribution in [3.8, 4) is 17.1 Å². The van der Waals surface area contributed by atoms with Crippen molar-refractivity contribution >= 4 is 43.4 Å². The lowest BCUT2D eigenvalue weighted by Crippen LogP contribution is -2.49. The summed E-state index contributed by atoms with van der Waals surface area (Å²) < 4.78 is 95.0. The van der Waals surface area contributed by atoms with Crippen LogP contribution in [0.3, 0.4) is 0 Å². The standard InChI is InChI=1S/C28H26F6N6O2S/c29-14-7-27(4-1-5-40(27)10-14)12-42-26-37-21-16(24(38-26)39-8-13(9-39)11-41)6-17(28(32,33)34)19(20(21)31)15-2-3-18(30)23-22(15)36-25(35)43-23/h2-3,6,13-14,41H,1,4-5,7-12H2,(H2,35,36)/t14-,27+/m1/s1. The summed E-state index contributed by atoms with van der Waals surface area (Å²) in [6.45, 7) is 1.47. The molecule has 4 aromatic rings. The van der Waals surface area contributed by atoms with Crippen LogP contribution in [0, 0.1) is 17.6 Å². The second kappa shape index (κ2) is 10.1. The first-order valence-corrected chi connectivity index (χ1v) is 14.6. The molecule has 0 unspecified atom stereocenters. The van der Waals surface area contributed by atoms with Gasteiger partial charge in [0.05, 0.1) is 21.3 Å². The molecule has 3 aliphatic heterocycles. The summed E-state index contributed by atoms with van der Waals surface area (Å²) in [7, 11) is 0. The van der Waals surface area contributed by atoms with Crippen LogP contribution in [0.5, 0.6) is 6.01 Å². The van der Waals surface area contributed by atoms with Crippen molar-refractivity contribution < 1.29 is 36.2 Å². The number of aliphatic hydroxyl groups excluding tert-OH is 1. The van der Waals surface area contributed by atoms with Gasteiger partial charge in [0.2, 0.25) is 0 Å². The van der Waals surface area contributed by atoms with E-state index in [4.69, 9.17) is 10.5 Å². The fourth-order valence-electron chi connectivity index (χ4n) is 6.68. The Morgan fingerprint density at radius 2 is 1.91 bits per heavy atom. The number of hydrogen-bond acceptors (Lipinski definition) is 9. The molecule has 0 saturated carbocycles. The molecule has 3 aliphatic rings. The van der Waals surface area contributed by atoms with Gasteiger partial charge in [0.25, 0.3) is 0 Å². The molecule has 7 rings (SSSR count). The number of thiazole rings is 1. The van der Waals surface area contributed by atoms with E-state index in [0.29, 0.717) is 6.42 Å². The third-order valence-corrected chi connectivity index (χ3v) is 9.62. The zero-order valence-corrected chi connectivity index (χ0v) is 23.4. The maximum Gasteiger partial charge on any atom is 0.417 e. The number of ether oxygens (including phenoxy) is 1. The van der Waals surface area contributed by atoms with Crippen LogP contribution in [-0.2, 0) is 6.18 Å². The van der Waals surface area contributed by atoms with Gasteiger partial charge in [-0.1, -0.05) is 11.3 Å². The first kappa shape index (κ1) is 28.3. The number of fused-ring (bicyclic) bond motifs is 3. The Bertz CT molecular complexity index is 1750. The molecule has 0 spiro atoms. The zero-order chi connectivity index (χ0) is 30.3. The smallest absolute Gasteiger partial charge is 0.417 e. The van der Waals surface area contributed by atoms with E-state index in [9.17, 15) is 27.1 Å². The lowest BCUT2D eigenvalue weighted by molar-refractivity contribution is -0.137. The van der Waals surface area contributed by atoms with Crippen LogP contribution < -0.4 is 15.4 Å². The van der Waals surface area contributed by atoms with E-state index in [-0.39, 0.29) is 83.3 Å². The van der Waals surface area contributed by atoms with Crippen LogP contribution >= 0.6 is 11.3 Å². The van der Waals surface area contributed by atoms with Gasteiger partial charge in [-0.2, -0.15) is 23.1 Å². The second-order valence-electron chi connectivity index (χ2n) is 11.5. The number of halogens is 6. The van der Waals surface area contributed by atoms with E-state index in [1.54, 1.807) is 4.90 Å². The quantitative estimate of drug-likeness (QED) is 0.284. The number of aliphatic hydroxyl groups is 1. The molecule has 43 heavy (non-hydrogen) atoms. The lowest BCUT2D eigenvalue weighted by atomic mass is 9.94. The average molecular weight is 625 g/mol. The topological polar surface area (TPSA) is 101 Å². The molecule has 15 heteroatoms. The number of aromatic nitrogens is 3. The van der Waals surface area contributed by atoms with Gasteiger partial charge in [0, 0.05) is 55.1 Å². The largest absolute Gasteiger partial charge is 0.461 e. The fourth-order valence-corrected chi connectivity index (χ4v) is 7.45. The highest BCUT2D eigenvalue weighted by Crippen LogP contribution is 2.47. The molecule has 228 valence electrons. The van der Waals surface area contributed by atoms with Crippen LogP contribution in [0.25, 0.3) is 32.2 Å². The lowest BCUT2D eigenvalue weighted by Gasteiger charge is -2.39. The number of benzene rings is 2. The molecule has 0 radical (unpaired) electrons. The van der Waals surface area contributed by atoms with E-state index < -0.39 is 46.2 Å². The number of alkyl halides is 4. The third kappa shape index (κ3) is 4.63. The molecule has 3 saturated heterocycles. The molecule has 2 atom stereocenters. The summed E-state index contributed by atoms with van der Waals surface area (Å²) in [4.78, 5) is 16.3. The number of nitrogens with two attached hydrogens (primary N) is 1. The van der Waals surface area contributed by atoms with Gasteiger partial charge in [0.1, 0.15) is 29.9 Å². The minimum Gasteiger partial charge on any atom is -0.461 e. The van der Waals surface area contributed by atoms with Crippen LogP contribution in [0.1, 0.15) is 24.8 Å². The minimum absolute atomic E-state index is 0.0263. The number of hydrogen-bond donors (Lipinski definition) is 2. The van der Waals surface area contributed by atoms with Gasteiger partial charge in [0.15, 0.2) is 10.9 Å². The minimum atomic E-state index is -5.02. The summed E-state index contributed by atoms with van der Waals surface area (Å²) in [6, 6.07) is 2.51. The Morgan fingerprint density at radius 1 is 1.12 bits per heavy atom. The summed E-state index contributed by atoms with van der Waals surface area (Å²) in [6.07, 6.45) is -4.20. The van der Waals surface area contributed by atoms with E-state index in [0.717, 1.165) is 42.5 Å². The maximum absolute atomic E-state index is 16.6. The Hall–Kier alpha value is -3.43. The first-order valence-electron chi connectivity index (χ1n) is 13.8. The highest BCUT2D eigenvalue weighted by molar-refractivity contribution is 7.22. The van der Waals surface area contributed by atoms with Crippen molar-refractivity contribution in [3.05, 3.63) is 35.4 Å². The van der Waals surface area contributed by atoms with Gasteiger partial charge in [-0.25, -0.2) is 18.2 Å². The molecular weight excluding hydrogens is 598 g/mol. The molecule has 2 aromatic heterocycles. The Balaban J connectivity index is 1.41. The highest BCUT2D eigenvalue weighted by atomic mass is 32.1. The number of rotatable bonds is 6. The predicted octanol–water partition coefficient (Wildman–Crippen LogP) is 5.17. The molecule has 2 aromatic carbocycles. The third-order valence-electron chi connectivity index (χ3n) is 8.72. The van der Waals surface area contributed by atoms with Crippen molar-refractivity contribution in [2.45, 2.75) is 37.1 Å². The van der Waals surface area contributed by atoms with Gasteiger partial charge in [-0.05, 0) is 37.6 Å². The molecule has 3 fully saturated rings. The van der Waals surface area contributed by atoms with E-state index in [1.165, 1.54) is 0 Å². The Labute approximate surface area is 245 Å². The van der Waals surface area contributed by atoms with Crippen LogP contribution in [-0.4, -0.2) is 76.1 Å². The van der Waals surface area contributed by atoms with Crippen LogP contribution in [0.2, 0.25) is 0 Å². The number of nitrogens with zero attached hydrogens (tertiary/aromatic N) is 5. The number of anilines is 2. The molecule has 3 N–H and O–H groups in total. The van der Waals surface area contributed by atoms with Crippen LogP contribution in [0.4, 0.5) is 37.3 Å². The molecule has 0 amide bonds. The average Bonchev–Trinajstić information content (AvgIpc) is 3.59. The van der Waals surface area contributed by atoms with Crippen molar-refractivity contribution in [1.29, 1.82) is 0 Å². The van der Waals surface area contributed by atoms with Crippen LogP contribution in [0.15, 0.2) is 18.2 Å². The molecule has 0 aliphatic carbocycles. The van der Waals surface area contributed by atoms with Crippen molar-refractivity contribution in [1.82, 2.24) is 19.9 Å². The molecule has 0 bridgehead atoms. The van der Waals surface area contributed by atoms with E-state index >= 15 is 4.39 Å². The van der Waals surface area contributed by atoms with Gasteiger partial charge in [-0.15, -0.1) is 0 Å². The summed E-state index contributed by atoms with van der Waals surface area (Å²) in [5.41, 5.74) is 2.11. The summed E-state index contributed by atoms with van der Waals surface area (Å²) >= 11 is 0.742. The van der Waals surface area contributed by atoms with Gasteiger partial charge < -0.3 is 20.5 Å². The normalized spacial score (nSPS) is 23.0. The predicted molar refractivity (Wildman–Crippen MR) is 149 cm³/mol. The highest BCUT2D eigenvalue weighted by Gasteiger charge is 2.49. The summed E-state index contributed by atoms with van der Waals surface area (Å²) in [5, 5.41) is 9.25. The van der Waals surface area contributed by atoms with E-state index in [2.05, 4.69) is 15.0 Å². The Kier molecular flexibility index (Phi) is 6.63. The number of nitrogen functional groups attached to an aromatic ring is 1. The SMILES string of the molecule is Nc1nc2c(-c3c(C(F)(F)F)cc4c(N5CC(CO)C5)nc(OC[C@@]56CCCN5C[C@H](F)C6)nc4c3F)ccc(F)c2s1. The van der Waals surface area contributed by atoms with E-state index in [1.807, 2.05) is 4.90 Å². The van der Waals surface area contributed by atoms with Crippen molar-refractivity contribution in [2.75, 3.05) is 50.0 Å². The van der Waals surface area contributed by atoms with Crippen molar-refractivity contribution in [3.63, 3.8) is 0 Å². The zero-order valence-electron chi connectivity index (χ0n) is 22.6. The van der Waals surface area contributed by atoms with Gasteiger partial charge >= 0.3 is 12.2 Å². The molecular formula is C28H26F6N6O2S. The molecule has 5 heterocycles. The van der Waals surface area contributed by atoms with Gasteiger partial charge in [-0.3, -0.25) is 4.90 Å². The monoisotopic (exact) mass is 624 g/mol. The molecule has 8 nitrogen and oxygen atoms in total. The maximum atomic E-state index is 16.6. The summed E-state index contributed by atoms with van der Waals surface area (Å²) in [5.74, 6) is -2.16. The second-order valence-corrected chi connectivity index (χ2v) is 12.5.